The van der Waals surface area contributed by atoms with Crippen LogP contribution in [0.3, 0.4) is 0 Å². The average molecular weight is 379 g/mol. The third-order valence-corrected chi connectivity index (χ3v) is 5.75. The number of thiophene rings is 1. The Kier molecular flexibility index (Phi) is 4.36. The topological polar surface area (TPSA) is 70.2 Å². The number of aryl methyl sites for hydroxylation is 2. The van der Waals surface area contributed by atoms with Gasteiger partial charge >= 0.3 is 0 Å². The summed E-state index contributed by atoms with van der Waals surface area (Å²) in [6, 6.07) is 6.08. The van der Waals surface area contributed by atoms with Gasteiger partial charge in [-0.15, -0.1) is 11.3 Å². The van der Waals surface area contributed by atoms with E-state index in [-0.39, 0.29) is 5.78 Å². The Morgan fingerprint density at radius 1 is 1.26 bits per heavy atom. The first kappa shape index (κ1) is 17.5. The zero-order valence-electron chi connectivity index (χ0n) is 15.8. The van der Waals surface area contributed by atoms with Crippen LogP contribution < -0.4 is 0 Å². The van der Waals surface area contributed by atoms with Crippen LogP contribution in [-0.4, -0.2) is 28.6 Å². The summed E-state index contributed by atoms with van der Waals surface area (Å²) in [7, 11) is 1.65. The third kappa shape index (κ3) is 3.17. The summed E-state index contributed by atoms with van der Waals surface area (Å²) in [6.07, 6.45) is 4.47. The monoisotopic (exact) mass is 379 g/mol. The highest BCUT2D eigenvalue weighted by Crippen LogP contribution is 2.30. The number of aromatic nitrogens is 2. The van der Waals surface area contributed by atoms with Crippen LogP contribution in [0.5, 0.6) is 0 Å². The molecule has 138 valence electrons. The van der Waals surface area contributed by atoms with E-state index in [4.69, 9.17) is 9.73 Å². The normalized spacial score (nSPS) is 15.5. The molecule has 5 nitrogen and oxygen atoms in total. The number of H-pyrrole nitrogens is 2. The fraction of sp³-hybridized carbons (Fsp3) is 0.238. The lowest BCUT2D eigenvalue weighted by Gasteiger charge is -2.01. The summed E-state index contributed by atoms with van der Waals surface area (Å²) in [4.78, 5) is 24.2. The maximum absolute atomic E-state index is 11.9. The lowest BCUT2D eigenvalue weighted by Crippen LogP contribution is -1.94. The molecule has 0 radical (unpaired) electrons. The van der Waals surface area contributed by atoms with Crippen LogP contribution in [-0.2, 0) is 4.74 Å². The number of nitrogens with one attached hydrogen (secondary N) is 2. The van der Waals surface area contributed by atoms with E-state index in [0.29, 0.717) is 6.42 Å². The maximum atomic E-state index is 11.9. The van der Waals surface area contributed by atoms with Crippen LogP contribution in [0.1, 0.15) is 45.7 Å². The Morgan fingerprint density at radius 2 is 2.07 bits per heavy atom. The highest BCUT2D eigenvalue weighted by atomic mass is 32.1. The highest BCUT2D eigenvalue weighted by molar-refractivity contribution is 7.20. The van der Waals surface area contributed by atoms with Crippen molar-refractivity contribution >= 4 is 39.1 Å². The quantitative estimate of drug-likeness (QED) is 0.603. The molecule has 27 heavy (non-hydrogen) atoms. The number of ether oxygens (including phenoxy) is 1. The van der Waals surface area contributed by atoms with Gasteiger partial charge in [0.15, 0.2) is 5.78 Å². The number of carbonyl (C=O) groups is 1. The molecule has 0 aromatic carbocycles. The minimum atomic E-state index is 0.174. The Bertz CT molecular complexity index is 1110. The van der Waals surface area contributed by atoms with Crippen LogP contribution in [0.2, 0.25) is 0 Å². The van der Waals surface area contributed by atoms with Gasteiger partial charge in [0, 0.05) is 23.9 Å². The van der Waals surface area contributed by atoms with E-state index >= 15 is 0 Å². The van der Waals surface area contributed by atoms with Gasteiger partial charge in [-0.25, -0.2) is 4.99 Å². The molecular formula is C21H21N3O2S. The van der Waals surface area contributed by atoms with Gasteiger partial charge in [-0.05, 0) is 43.7 Å². The zero-order chi connectivity index (χ0) is 19.1. The molecular weight excluding hydrogens is 358 g/mol. The fourth-order valence-corrected chi connectivity index (χ4v) is 4.30. The number of aliphatic imine (C=N–C) groups is 1. The predicted octanol–water partition coefficient (Wildman–Crippen LogP) is 5.14. The van der Waals surface area contributed by atoms with E-state index in [2.05, 4.69) is 23.0 Å². The molecule has 3 aromatic rings. The summed E-state index contributed by atoms with van der Waals surface area (Å²) in [5.74, 6) is 0.907. The molecule has 6 heteroatoms. The van der Waals surface area contributed by atoms with E-state index in [1.807, 2.05) is 38.1 Å². The van der Waals surface area contributed by atoms with Crippen molar-refractivity contribution in [2.45, 2.75) is 27.2 Å². The Morgan fingerprint density at radius 3 is 2.70 bits per heavy atom. The molecule has 1 aliphatic rings. The van der Waals surface area contributed by atoms with Crippen molar-refractivity contribution in [1.82, 2.24) is 9.97 Å². The van der Waals surface area contributed by atoms with Crippen LogP contribution in [0, 0.1) is 13.8 Å². The van der Waals surface area contributed by atoms with Crippen molar-refractivity contribution in [1.29, 1.82) is 0 Å². The van der Waals surface area contributed by atoms with Crippen molar-refractivity contribution in [2.75, 3.05) is 7.11 Å². The first-order valence-electron chi connectivity index (χ1n) is 8.87. The second kappa shape index (κ2) is 6.70. The van der Waals surface area contributed by atoms with Crippen molar-refractivity contribution in [3.63, 3.8) is 0 Å². The second-order valence-corrected chi connectivity index (χ2v) is 7.72. The molecule has 0 saturated carbocycles. The molecule has 0 amide bonds. The van der Waals surface area contributed by atoms with Gasteiger partial charge in [0.2, 0.25) is 0 Å². The van der Waals surface area contributed by atoms with Crippen molar-refractivity contribution < 1.29 is 9.53 Å². The SMILES string of the molecule is CCC(=O)c1cc2[nH]c(C3=N/C(=C\c4[nH]c(C)cc4C)C(OC)=C3)cc2s1. The number of ketones is 1. The van der Waals surface area contributed by atoms with Crippen molar-refractivity contribution in [3.8, 4) is 0 Å². The third-order valence-electron chi connectivity index (χ3n) is 4.63. The highest BCUT2D eigenvalue weighted by Gasteiger charge is 2.19. The van der Waals surface area contributed by atoms with Gasteiger partial charge in [-0.3, -0.25) is 4.79 Å². The number of Topliss-reactive ketones (excluding diaryl/α,β-unsaturated/α-hetero) is 1. The number of nitrogens with zero attached hydrogens (tertiary/aromatic N) is 1. The molecule has 4 rings (SSSR count). The summed E-state index contributed by atoms with van der Waals surface area (Å²) in [5, 5.41) is 0. The van der Waals surface area contributed by atoms with Crippen LogP contribution in [0.15, 0.2) is 40.7 Å². The van der Waals surface area contributed by atoms with Gasteiger partial charge in [0.25, 0.3) is 0 Å². The number of hydrogen-bond donors (Lipinski definition) is 2. The number of fused-ring (bicyclic) bond motifs is 1. The Balaban J connectivity index is 1.70. The van der Waals surface area contributed by atoms with E-state index in [1.54, 1.807) is 7.11 Å². The number of methoxy groups -OCH3 is 1. The molecule has 0 saturated heterocycles. The standard InChI is InChI=1S/C21H21N3O2S/c1-5-18(25)21-10-17-20(27-21)9-15(24-17)14-8-19(26-4)16(23-14)7-13-11(2)6-12(3)22-13/h6-10,22,24H,5H2,1-4H3/b16-7-. The average Bonchev–Trinajstić information content (AvgIpc) is 3.37. The second-order valence-electron chi connectivity index (χ2n) is 6.64. The fourth-order valence-electron chi connectivity index (χ4n) is 3.23. The molecule has 0 atom stereocenters. The summed E-state index contributed by atoms with van der Waals surface area (Å²) < 4.78 is 6.58. The van der Waals surface area contributed by atoms with Gasteiger partial charge in [0.05, 0.1) is 33.6 Å². The van der Waals surface area contributed by atoms with E-state index in [9.17, 15) is 4.79 Å². The predicted molar refractivity (Wildman–Crippen MR) is 111 cm³/mol. The minimum Gasteiger partial charge on any atom is -0.494 e. The molecule has 0 bridgehead atoms. The minimum absolute atomic E-state index is 0.174. The lowest BCUT2D eigenvalue weighted by molar-refractivity contribution is 0.0992. The number of allylic oxidation sites excluding steroid dienone is 1. The molecule has 0 unspecified atom stereocenters. The number of carbonyl (C=O) groups excluding carboxylic acids is 1. The summed E-state index contributed by atoms with van der Waals surface area (Å²) in [5.41, 5.74) is 6.83. The van der Waals surface area contributed by atoms with Crippen LogP contribution >= 0.6 is 11.3 Å². The molecule has 2 N–H and O–H groups in total. The van der Waals surface area contributed by atoms with E-state index < -0.39 is 0 Å². The van der Waals surface area contributed by atoms with Crippen LogP contribution in [0.4, 0.5) is 0 Å². The van der Waals surface area contributed by atoms with Crippen molar-refractivity contribution in [2.24, 2.45) is 4.99 Å². The molecule has 0 fully saturated rings. The summed E-state index contributed by atoms with van der Waals surface area (Å²) >= 11 is 1.52. The number of aromatic amines is 2. The van der Waals surface area contributed by atoms with E-state index in [0.717, 1.165) is 49.3 Å². The van der Waals surface area contributed by atoms with Crippen LogP contribution in [0.25, 0.3) is 16.3 Å². The molecule has 0 spiro atoms. The van der Waals surface area contributed by atoms with E-state index in [1.165, 1.54) is 16.9 Å². The van der Waals surface area contributed by atoms with Gasteiger partial charge in [0.1, 0.15) is 11.5 Å². The van der Waals surface area contributed by atoms with Gasteiger partial charge in [-0.2, -0.15) is 0 Å². The number of hydrogen-bond acceptors (Lipinski definition) is 4. The van der Waals surface area contributed by atoms with Crippen molar-refractivity contribution in [3.05, 3.63) is 63.3 Å². The first-order valence-corrected chi connectivity index (χ1v) is 9.69. The summed E-state index contributed by atoms with van der Waals surface area (Å²) in [6.45, 7) is 5.99. The lowest BCUT2D eigenvalue weighted by atomic mass is 10.2. The molecule has 4 heterocycles. The van der Waals surface area contributed by atoms with Gasteiger partial charge in [-0.1, -0.05) is 6.92 Å². The molecule has 1 aliphatic heterocycles. The van der Waals surface area contributed by atoms with Gasteiger partial charge < -0.3 is 14.7 Å². The first-order chi connectivity index (χ1) is 13.0. The maximum Gasteiger partial charge on any atom is 0.172 e. The zero-order valence-corrected chi connectivity index (χ0v) is 16.6. The Labute approximate surface area is 161 Å². The molecule has 3 aromatic heterocycles. The smallest absolute Gasteiger partial charge is 0.172 e. The largest absolute Gasteiger partial charge is 0.494 e. The Hall–Kier alpha value is -2.86. The number of rotatable bonds is 5. The molecule has 0 aliphatic carbocycles.